The first kappa shape index (κ1) is 21.6. The number of likely N-dealkylation sites (tertiary alicyclic amines) is 1. The Hall–Kier alpha value is -2.58. The van der Waals surface area contributed by atoms with E-state index in [1.807, 2.05) is 24.0 Å². The molecule has 8 heteroatoms. The highest BCUT2D eigenvalue weighted by Crippen LogP contribution is 2.34. The van der Waals surface area contributed by atoms with Gasteiger partial charge < -0.3 is 23.5 Å². The Labute approximate surface area is 183 Å². The molecule has 8 nitrogen and oxygen atoms in total. The molecule has 0 bridgehead atoms. The molecule has 1 amide bonds. The molecule has 2 fully saturated rings. The summed E-state index contributed by atoms with van der Waals surface area (Å²) in [6.45, 7) is 5.96. The van der Waals surface area contributed by atoms with Crippen LogP contribution in [0.4, 0.5) is 0 Å². The molecule has 2 aliphatic heterocycles. The van der Waals surface area contributed by atoms with E-state index in [0.29, 0.717) is 43.3 Å². The van der Waals surface area contributed by atoms with Gasteiger partial charge in [-0.25, -0.2) is 0 Å². The number of hydrogen-bond donors (Lipinski definition) is 0. The van der Waals surface area contributed by atoms with Crippen molar-refractivity contribution in [2.24, 2.45) is 0 Å². The lowest BCUT2D eigenvalue weighted by Crippen LogP contribution is -2.51. The molecule has 0 saturated carbocycles. The van der Waals surface area contributed by atoms with Crippen molar-refractivity contribution in [2.75, 3.05) is 40.5 Å². The smallest absolute Gasteiger partial charge is 0.225 e. The maximum Gasteiger partial charge on any atom is 0.225 e. The van der Waals surface area contributed by atoms with E-state index in [0.717, 1.165) is 44.0 Å². The second kappa shape index (κ2) is 9.28. The van der Waals surface area contributed by atoms with Crippen LogP contribution in [0.3, 0.4) is 0 Å². The first-order chi connectivity index (χ1) is 15.0. The highest BCUT2D eigenvalue weighted by molar-refractivity contribution is 5.76. The molecule has 0 aromatic carbocycles. The van der Waals surface area contributed by atoms with E-state index in [2.05, 4.69) is 9.88 Å². The van der Waals surface area contributed by atoms with Gasteiger partial charge in [0.05, 0.1) is 52.5 Å². The number of piperidine rings is 1. The van der Waals surface area contributed by atoms with Crippen LogP contribution >= 0.6 is 0 Å². The third-order valence-electron chi connectivity index (χ3n) is 6.21. The number of aromatic nitrogens is 1. The summed E-state index contributed by atoms with van der Waals surface area (Å²) in [7, 11) is 3.19. The molecule has 4 rings (SSSR count). The lowest BCUT2D eigenvalue weighted by molar-refractivity contribution is -0.132. The molecule has 2 saturated heterocycles. The number of furan rings is 1. The van der Waals surface area contributed by atoms with Gasteiger partial charge in [-0.3, -0.25) is 14.7 Å². The minimum absolute atomic E-state index is 0.0806. The fraction of sp³-hybridized carbons (Fsp3) is 0.565. The monoisotopic (exact) mass is 429 g/mol. The Morgan fingerprint density at radius 2 is 1.94 bits per heavy atom. The molecule has 1 spiro atoms. The summed E-state index contributed by atoms with van der Waals surface area (Å²) in [6.07, 6.45) is 3.81. The van der Waals surface area contributed by atoms with E-state index < -0.39 is 0 Å². The van der Waals surface area contributed by atoms with Crippen LogP contribution in [0.5, 0.6) is 11.5 Å². The van der Waals surface area contributed by atoms with E-state index in [-0.39, 0.29) is 11.5 Å². The molecular formula is C23H31N3O5. The van der Waals surface area contributed by atoms with E-state index in [9.17, 15) is 4.79 Å². The van der Waals surface area contributed by atoms with Gasteiger partial charge in [-0.15, -0.1) is 0 Å². The lowest BCUT2D eigenvalue weighted by Gasteiger charge is -2.42. The van der Waals surface area contributed by atoms with Crippen LogP contribution < -0.4 is 9.47 Å². The normalized spacial score (nSPS) is 19.5. The second-order valence-electron chi connectivity index (χ2n) is 8.31. The summed E-state index contributed by atoms with van der Waals surface area (Å²) >= 11 is 0. The second-order valence-corrected chi connectivity index (χ2v) is 8.31. The van der Waals surface area contributed by atoms with Gasteiger partial charge in [-0.2, -0.15) is 0 Å². The molecular weight excluding hydrogens is 398 g/mol. The molecule has 0 N–H and O–H groups in total. The predicted molar refractivity (Wildman–Crippen MR) is 114 cm³/mol. The van der Waals surface area contributed by atoms with Crippen LogP contribution in [-0.2, 0) is 22.6 Å². The molecule has 2 aromatic rings. The molecule has 2 aromatic heterocycles. The number of methoxy groups -OCH3 is 2. The predicted octanol–water partition coefficient (Wildman–Crippen LogP) is 2.78. The summed E-state index contributed by atoms with van der Waals surface area (Å²) < 4.78 is 22.9. The molecule has 0 atom stereocenters. The minimum atomic E-state index is -0.326. The fourth-order valence-electron chi connectivity index (χ4n) is 4.49. The number of rotatable bonds is 6. The average Bonchev–Trinajstić information content (AvgIpc) is 3.12. The number of carbonyl (C=O) groups is 1. The van der Waals surface area contributed by atoms with Crippen LogP contribution in [0, 0.1) is 6.92 Å². The van der Waals surface area contributed by atoms with E-state index in [4.69, 9.17) is 18.6 Å². The van der Waals surface area contributed by atoms with Crippen molar-refractivity contribution >= 4 is 5.91 Å². The van der Waals surface area contributed by atoms with Crippen molar-refractivity contribution in [3.05, 3.63) is 41.6 Å². The number of ether oxygens (including phenoxy) is 3. The lowest BCUT2D eigenvalue weighted by atomic mass is 9.90. The Bertz CT molecular complexity index is 904. The SMILES string of the molecule is COc1ccnc(CN2CC3(CCN(Cc4ccc(C)o4)CC3)OCCC2=O)c1OC. The first-order valence-corrected chi connectivity index (χ1v) is 10.8. The Balaban J connectivity index is 1.44. The number of carbonyl (C=O) groups excluding carboxylic acids is 1. The van der Waals surface area contributed by atoms with Crippen LogP contribution in [0.25, 0.3) is 0 Å². The summed E-state index contributed by atoms with van der Waals surface area (Å²) in [5, 5.41) is 0. The van der Waals surface area contributed by atoms with Crippen molar-refractivity contribution < 1.29 is 23.4 Å². The van der Waals surface area contributed by atoms with E-state index in [1.54, 1.807) is 26.5 Å². The number of hydrogen-bond acceptors (Lipinski definition) is 7. The summed E-state index contributed by atoms with van der Waals surface area (Å²) in [5.74, 6) is 3.19. The zero-order valence-corrected chi connectivity index (χ0v) is 18.6. The summed E-state index contributed by atoms with van der Waals surface area (Å²) in [5.41, 5.74) is 0.367. The first-order valence-electron chi connectivity index (χ1n) is 10.8. The van der Waals surface area contributed by atoms with Crippen molar-refractivity contribution in [2.45, 2.75) is 44.9 Å². The number of pyridine rings is 1. The fourth-order valence-corrected chi connectivity index (χ4v) is 4.49. The van der Waals surface area contributed by atoms with Crippen molar-refractivity contribution in [1.82, 2.24) is 14.8 Å². The van der Waals surface area contributed by atoms with Crippen molar-refractivity contribution in [3.63, 3.8) is 0 Å². The van der Waals surface area contributed by atoms with Gasteiger partial charge in [0.25, 0.3) is 0 Å². The maximum absolute atomic E-state index is 12.8. The minimum Gasteiger partial charge on any atom is -0.493 e. The molecule has 31 heavy (non-hydrogen) atoms. The Morgan fingerprint density at radius 3 is 2.61 bits per heavy atom. The van der Waals surface area contributed by atoms with Crippen LogP contribution in [0.2, 0.25) is 0 Å². The van der Waals surface area contributed by atoms with Gasteiger partial charge in [0.2, 0.25) is 5.91 Å². The van der Waals surface area contributed by atoms with Gasteiger partial charge in [0.15, 0.2) is 11.5 Å². The third-order valence-corrected chi connectivity index (χ3v) is 6.21. The van der Waals surface area contributed by atoms with Gasteiger partial charge in [-0.1, -0.05) is 0 Å². The third kappa shape index (κ3) is 4.85. The average molecular weight is 430 g/mol. The molecule has 4 heterocycles. The number of aryl methyl sites for hydroxylation is 1. The highest BCUT2D eigenvalue weighted by atomic mass is 16.5. The Kier molecular flexibility index (Phi) is 6.48. The quantitative estimate of drug-likeness (QED) is 0.699. The van der Waals surface area contributed by atoms with Crippen LogP contribution in [0.1, 0.15) is 36.5 Å². The van der Waals surface area contributed by atoms with E-state index in [1.165, 1.54) is 0 Å². The molecule has 0 unspecified atom stereocenters. The van der Waals surface area contributed by atoms with Gasteiger partial charge >= 0.3 is 0 Å². The van der Waals surface area contributed by atoms with Gasteiger partial charge in [0, 0.05) is 25.4 Å². The van der Waals surface area contributed by atoms with Crippen molar-refractivity contribution in [1.29, 1.82) is 0 Å². The maximum atomic E-state index is 12.8. The molecule has 0 radical (unpaired) electrons. The van der Waals surface area contributed by atoms with E-state index >= 15 is 0 Å². The number of amides is 1. The highest BCUT2D eigenvalue weighted by Gasteiger charge is 2.40. The van der Waals surface area contributed by atoms with Gasteiger partial charge in [-0.05, 0) is 31.9 Å². The molecule has 0 aliphatic carbocycles. The Morgan fingerprint density at radius 1 is 1.13 bits per heavy atom. The largest absolute Gasteiger partial charge is 0.493 e. The summed E-state index contributed by atoms with van der Waals surface area (Å²) in [4.78, 5) is 21.5. The number of nitrogens with zero attached hydrogens (tertiary/aromatic N) is 3. The zero-order valence-electron chi connectivity index (χ0n) is 18.6. The zero-order chi connectivity index (χ0) is 21.8. The van der Waals surface area contributed by atoms with Crippen LogP contribution in [-0.4, -0.2) is 66.8 Å². The van der Waals surface area contributed by atoms with Crippen molar-refractivity contribution in [3.8, 4) is 11.5 Å². The van der Waals surface area contributed by atoms with Crippen LogP contribution in [0.15, 0.2) is 28.8 Å². The topological polar surface area (TPSA) is 77.3 Å². The molecule has 2 aliphatic rings. The standard InChI is InChI=1S/C23H31N3O5/c1-17-4-5-18(31-17)14-25-11-8-23(9-12-25)16-26(21(27)7-13-30-23)15-19-22(29-3)20(28-2)6-10-24-19/h4-6,10H,7-9,11-16H2,1-3H3. The molecule has 168 valence electrons. The summed E-state index contributed by atoms with van der Waals surface area (Å²) in [6, 6.07) is 5.80. The van der Waals surface area contributed by atoms with Gasteiger partial charge in [0.1, 0.15) is 17.2 Å².